The molecule has 0 saturated carbocycles. The zero-order chi connectivity index (χ0) is 23.1. The standard InChI is InChI=1S/C21H17F3N4O3S/c1-26-32(29,30)14-9-10-18(31-13-7-5-12(6-8-13)21(22,23)24)16(11-14)15-3-2-4-17-19(15)28-20(25)27-17/h2-11,26H,1H3,(H3,25,27,28). The maximum absolute atomic E-state index is 12.8. The van der Waals surface area contributed by atoms with Gasteiger partial charge in [0.25, 0.3) is 0 Å². The van der Waals surface area contributed by atoms with Crippen molar-refractivity contribution in [3.05, 3.63) is 66.2 Å². The number of hydrogen-bond acceptors (Lipinski definition) is 5. The molecule has 32 heavy (non-hydrogen) atoms. The second kappa shape index (κ2) is 7.84. The lowest BCUT2D eigenvalue weighted by molar-refractivity contribution is -0.137. The largest absolute Gasteiger partial charge is 0.457 e. The summed E-state index contributed by atoms with van der Waals surface area (Å²) >= 11 is 0. The van der Waals surface area contributed by atoms with Crippen molar-refractivity contribution >= 4 is 27.0 Å². The first-order valence-electron chi connectivity index (χ1n) is 9.26. The SMILES string of the molecule is CNS(=O)(=O)c1ccc(Oc2ccc(C(F)(F)F)cc2)c(-c2cccc3nc(N)[nH]c23)c1. The molecule has 3 aromatic carbocycles. The summed E-state index contributed by atoms with van der Waals surface area (Å²) in [7, 11) is -2.48. The first-order valence-corrected chi connectivity index (χ1v) is 10.7. The highest BCUT2D eigenvalue weighted by molar-refractivity contribution is 7.89. The molecule has 0 aliphatic carbocycles. The van der Waals surface area contributed by atoms with Crippen LogP contribution in [0.15, 0.2) is 65.6 Å². The van der Waals surface area contributed by atoms with Gasteiger partial charge in [0, 0.05) is 11.1 Å². The summed E-state index contributed by atoms with van der Waals surface area (Å²) in [5, 5.41) is 0. The molecule has 4 aromatic rings. The third-order valence-corrected chi connectivity index (χ3v) is 6.18. The van der Waals surface area contributed by atoms with Crippen molar-refractivity contribution in [1.82, 2.24) is 14.7 Å². The predicted molar refractivity (Wildman–Crippen MR) is 114 cm³/mol. The van der Waals surface area contributed by atoms with E-state index in [0.29, 0.717) is 22.2 Å². The van der Waals surface area contributed by atoms with Crippen molar-refractivity contribution < 1.29 is 26.3 Å². The molecule has 0 aliphatic heterocycles. The van der Waals surface area contributed by atoms with Crippen molar-refractivity contribution in [3.8, 4) is 22.6 Å². The number of benzene rings is 3. The Labute approximate surface area is 181 Å². The maximum Gasteiger partial charge on any atom is 0.416 e. The Hall–Kier alpha value is -3.57. The van der Waals surface area contributed by atoms with Gasteiger partial charge < -0.3 is 15.5 Å². The molecule has 0 amide bonds. The van der Waals surface area contributed by atoms with E-state index in [4.69, 9.17) is 10.5 Å². The van der Waals surface area contributed by atoms with Gasteiger partial charge in [-0.05, 0) is 55.6 Å². The van der Waals surface area contributed by atoms with Crippen LogP contribution in [0.5, 0.6) is 11.5 Å². The lowest BCUT2D eigenvalue weighted by Crippen LogP contribution is -2.18. The molecule has 0 spiro atoms. The summed E-state index contributed by atoms with van der Waals surface area (Å²) < 4.78 is 71.3. The molecule has 7 nitrogen and oxygen atoms in total. The molecule has 0 aliphatic rings. The maximum atomic E-state index is 12.8. The number of nitrogens with zero attached hydrogens (tertiary/aromatic N) is 1. The Bertz CT molecular complexity index is 1400. The molecular formula is C21H17F3N4O3S. The topological polar surface area (TPSA) is 110 Å². The number of rotatable bonds is 5. The van der Waals surface area contributed by atoms with E-state index in [1.165, 1.54) is 37.4 Å². The number of ether oxygens (including phenoxy) is 1. The average Bonchev–Trinajstić information content (AvgIpc) is 3.14. The van der Waals surface area contributed by atoms with Gasteiger partial charge in [-0.1, -0.05) is 12.1 Å². The van der Waals surface area contributed by atoms with Crippen LogP contribution in [-0.2, 0) is 16.2 Å². The van der Waals surface area contributed by atoms with E-state index < -0.39 is 21.8 Å². The third kappa shape index (κ3) is 4.12. The number of nitrogen functional groups attached to an aromatic ring is 1. The number of nitrogens with one attached hydrogen (secondary N) is 2. The number of alkyl halides is 3. The molecule has 0 unspecified atom stereocenters. The summed E-state index contributed by atoms with van der Waals surface area (Å²) in [5.74, 6) is 0.567. The number of para-hydroxylation sites is 1. The lowest BCUT2D eigenvalue weighted by atomic mass is 10.0. The van der Waals surface area contributed by atoms with Gasteiger partial charge in [-0.15, -0.1) is 0 Å². The fourth-order valence-corrected chi connectivity index (χ4v) is 3.96. The van der Waals surface area contributed by atoms with E-state index in [0.717, 1.165) is 12.1 Å². The normalized spacial score (nSPS) is 12.2. The van der Waals surface area contributed by atoms with Crippen molar-refractivity contribution in [3.63, 3.8) is 0 Å². The summed E-state index contributed by atoms with van der Waals surface area (Å²) in [6.45, 7) is 0. The van der Waals surface area contributed by atoms with E-state index in [9.17, 15) is 21.6 Å². The number of H-pyrrole nitrogens is 1. The van der Waals surface area contributed by atoms with Crippen LogP contribution >= 0.6 is 0 Å². The van der Waals surface area contributed by atoms with E-state index in [2.05, 4.69) is 14.7 Å². The van der Waals surface area contributed by atoms with E-state index in [-0.39, 0.29) is 22.3 Å². The molecule has 4 N–H and O–H groups in total. The van der Waals surface area contributed by atoms with Crippen molar-refractivity contribution in [2.24, 2.45) is 0 Å². The Morgan fingerprint density at radius 2 is 1.75 bits per heavy atom. The van der Waals surface area contributed by atoms with Gasteiger partial charge >= 0.3 is 6.18 Å². The number of anilines is 1. The Morgan fingerprint density at radius 3 is 2.41 bits per heavy atom. The fraction of sp³-hybridized carbons (Fsp3) is 0.0952. The second-order valence-corrected chi connectivity index (χ2v) is 8.70. The van der Waals surface area contributed by atoms with Gasteiger partial charge in [0.1, 0.15) is 11.5 Å². The van der Waals surface area contributed by atoms with Gasteiger partial charge in [-0.3, -0.25) is 0 Å². The number of fused-ring (bicyclic) bond motifs is 1. The van der Waals surface area contributed by atoms with Gasteiger partial charge in [-0.25, -0.2) is 18.1 Å². The minimum Gasteiger partial charge on any atom is -0.457 e. The number of aromatic nitrogens is 2. The lowest BCUT2D eigenvalue weighted by Gasteiger charge is -2.15. The molecule has 1 heterocycles. The summed E-state index contributed by atoms with van der Waals surface area (Å²) in [6.07, 6.45) is -4.47. The summed E-state index contributed by atoms with van der Waals surface area (Å²) in [5.41, 5.74) is 7.02. The molecule has 4 rings (SSSR count). The minimum absolute atomic E-state index is 0.0146. The van der Waals surface area contributed by atoms with Crippen LogP contribution in [-0.4, -0.2) is 25.4 Å². The number of imidazole rings is 1. The first kappa shape index (κ1) is 21.7. The summed E-state index contributed by atoms with van der Waals surface area (Å²) in [6, 6.07) is 13.6. The number of aromatic amines is 1. The number of hydrogen-bond donors (Lipinski definition) is 3. The fourth-order valence-electron chi connectivity index (χ4n) is 3.21. The quantitative estimate of drug-likeness (QED) is 0.404. The molecule has 0 bridgehead atoms. The van der Waals surface area contributed by atoms with E-state index >= 15 is 0 Å². The minimum atomic E-state index is -4.47. The number of sulfonamides is 1. The molecular weight excluding hydrogens is 445 g/mol. The Balaban J connectivity index is 1.85. The van der Waals surface area contributed by atoms with Crippen LogP contribution in [0.4, 0.5) is 19.1 Å². The van der Waals surface area contributed by atoms with Crippen LogP contribution in [0.25, 0.3) is 22.2 Å². The van der Waals surface area contributed by atoms with E-state index in [1.807, 2.05) is 0 Å². The van der Waals surface area contributed by atoms with Crippen molar-refractivity contribution in [2.45, 2.75) is 11.1 Å². The molecule has 1 aromatic heterocycles. The van der Waals surface area contributed by atoms with Gasteiger partial charge in [-0.2, -0.15) is 13.2 Å². The molecule has 166 valence electrons. The predicted octanol–water partition coefficient (Wildman–Crippen LogP) is 4.53. The van der Waals surface area contributed by atoms with Crippen LogP contribution < -0.4 is 15.2 Å². The van der Waals surface area contributed by atoms with Crippen LogP contribution in [0.1, 0.15) is 5.56 Å². The Kier molecular flexibility index (Phi) is 5.31. The van der Waals surface area contributed by atoms with Crippen LogP contribution in [0, 0.1) is 0 Å². The van der Waals surface area contributed by atoms with Crippen molar-refractivity contribution in [1.29, 1.82) is 0 Å². The summed E-state index contributed by atoms with van der Waals surface area (Å²) in [4.78, 5) is 7.10. The molecule has 0 radical (unpaired) electrons. The van der Waals surface area contributed by atoms with E-state index in [1.54, 1.807) is 18.2 Å². The van der Waals surface area contributed by atoms with Crippen LogP contribution in [0.2, 0.25) is 0 Å². The molecule has 11 heteroatoms. The highest BCUT2D eigenvalue weighted by Crippen LogP contribution is 2.39. The van der Waals surface area contributed by atoms with Gasteiger partial charge in [0.15, 0.2) is 5.95 Å². The van der Waals surface area contributed by atoms with Gasteiger partial charge in [0.05, 0.1) is 21.5 Å². The third-order valence-electron chi connectivity index (χ3n) is 4.77. The molecule has 0 fully saturated rings. The average molecular weight is 462 g/mol. The second-order valence-electron chi connectivity index (χ2n) is 6.81. The zero-order valence-electron chi connectivity index (χ0n) is 16.6. The number of nitrogens with two attached hydrogens (primary N) is 1. The highest BCUT2D eigenvalue weighted by atomic mass is 32.2. The van der Waals surface area contributed by atoms with Gasteiger partial charge in [0.2, 0.25) is 10.0 Å². The van der Waals surface area contributed by atoms with Crippen molar-refractivity contribution in [2.75, 3.05) is 12.8 Å². The molecule has 0 atom stereocenters. The highest BCUT2D eigenvalue weighted by Gasteiger charge is 2.30. The molecule has 0 saturated heterocycles. The first-order chi connectivity index (χ1) is 15.1. The monoisotopic (exact) mass is 462 g/mol. The zero-order valence-corrected chi connectivity index (χ0v) is 17.4. The van der Waals surface area contributed by atoms with Crippen LogP contribution in [0.3, 0.4) is 0 Å². The smallest absolute Gasteiger partial charge is 0.416 e. The Morgan fingerprint density at radius 1 is 1.03 bits per heavy atom. The number of halogens is 3.